The van der Waals surface area contributed by atoms with Gasteiger partial charge in [0.25, 0.3) is 0 Å². The van der Waals surface area contributed by atoms with Gasteiger partial charge in [-0.05, 0) is 24.5 Å². The Morgan fingerprint density at radius 1 is 0.895 bits per heavy atom. The van der Waals surface area contributed by atoms with Gasteiger partial charge < -0.3 is 4.74 Å². The highest BCUT2D eigenvalue weighted by molar-refractivity contribution is 5.17. The van der Waals surface area contributed by atoms with Crippen LogP contribution in [0.2, 0.25) is 0 Å². The molecule has 1 heteroatoms. The van der Waals surface area contributed by atoms with Gasteiger partial charge in [-0.1, -0.05) is 75.8 Å². The molecule has 0 aliphatic carbocycles. The summed E-state index contributed by atoms with van der Waals surface area (Å²) < 4.78 is 5.50. The molecule has 0 atom stereocenters. The standard InChI is InChI=1S/C18H28O/c1-2-3-4-5-6-7-11-16-19-17-12-15-18-13-9-8-10-14-18/h8-10,12-14,17H,2-7,11,15-16H2,1H3. The molecule has 0 saturated carbocycles. The zero-order chi connectivity index (χ0) is 13.6. The van der Waals surface area contributed by atoms with E-state index in [0.29, 0.717) is 0 Å². The van der Waals surface area contributed by atoms with E-state index in [1.165, 1.54) is 50.5 Å². The number of unbranched alkanes of at least 4 members (excludes halogenated alkanes) is 6. The first-order valence-corrected chi connectivity index (χ1v) is 7.74. The first-order chi connectivity index (χ1) is 9.43. The summed E-state index contributed by atoms with van der Waals surface area (Å²) in [6.07, 6.45) is 14.2. The molecule has 0 aliphatic rings. The summed E-state index contributed by atoms with van der Waals surface area (Å²) in [5.41, 5.74) is 1.33. The lowest BCUT2D eigenvalue weighted by molar-refractivity contribution is 0.239. The van der Waals surface area contributed by atoms with Gasteiger partial charge in [0.15, 0.2) is 0 Å². The number of allylic oxidation sites excluding steroid dienone is 1. The van der Waals surface area contributed by atoms with Crippen LogP contribution in [0.1, 0.15) is 57.4 Å². The van der Waals surface area contributed by atoms with Crippen molar-refractivity contribution >= 4 is 0 Å². The molecule has 0 saturated heterocycles. The summed E-state index contributed by atoms with van der Waals surface area (Å²) in [5, 5.41) is 0. The lowest BCUT2D eigenvalue weighted by Gasteiger charge is -2.01. The molecule has 0 aromatic heterocycles. The Balaban J connectivity index is 1.88. The van der Waals surface area contributed by atoms with Crippen molar-refractivity contribution in [1.29, 1.82) is 0 Å². The van der Waals surface area contributed by atoms with Crippen molar-refractivity contribution in [3.05, 3.63) is 48.2 Å². The molecule has 1 aromatic carbocycles. The third-order valence-electron chi connectivity index (χ3n) is 3.25. The predicted octanol–water partition coefficient (Wildman–Crippen LogP) is 5.51. The van der Waals surface area contributed by atoms with Gasteiger partial charge >= 0.3 is 0 Å². The van der Waals surface area contributed by atoms with Crippen LogP contribution in [0.3, 0.4) is 0 Å². The van der Waals surface area contributed by atoms with Gasteiger partial charge in [-0.2, -0.15) is 0 Å². The van der Waals surface area contributed by atoms with Crippen molar-refractivity contribution in [1.82, 2.24) is 0 Å². The number of benzene rings is 1. The Morgan fingerprint density at radius 3 is 2.32 bits per heavy atom. The maximum Gasteiger partial charge on any atom is 0.0873 e. The molecule has 0 aliphatic heterocycles. The average Bonchev–Trinajstić information content (AvgIpc) is 2.46. The second kappa shape index (κ2) is 11.8. The van der Waals surface area contributed by atoms with E-state index in [-0.39, 0.29) is 0 Å². The molecule has 0 amide bonds. The smallest absolute Gasteiger partial charge is 0.0873 e. The molecule has 1 nitrogen and oxygen atoms in total. The van der Waals surface area contributed by atoms with Crippen LogP contribution in [-0.4, -0.2) is 6.61 Å². The molecule has 19 heavy (non-hydrogen) atoms. The molecule has 106 valence electrons. The minimum Gasteiger partial charge on any atom is -0.502 e. The molecule has 0 heterocycles. The van der Waals surface area contributed by atoms with Crippen LogP contribution in [0.5, 0.6) is 0 Å². The minimum atomic E-state index is 0.860. The molecule has 1 aromatic rings. The largest absolute Gasteiger partial charge is 0.502 e. The minimum absolute atomic E-state index is 0.860. The first kappa shape index (κ1) is 15.8. The predicted molar refractivity (Wildman–Crippen MR) is 83.2 cm³/mol. The third-order valence-corrected chi connectivity index (χ3v) is 3.25. The highest BCUT2D eigenvalue weighted by Gasteiger charge is 1.90. The van der Waals surface area contributed by atoms with Crippen LogP contribution < -0.4 is 0 Å². The van der Waals surface area contributed by atoms with Gasteiger partial charge in [0.05, 0.1) is 12.9 Å². The zero-order valence-corrected chi connectivity index (χ0v) is 12.3. The molecular weight excluding hydrogens is 232 g/mol. The van der Waals surface area contributed by atoms with Crippen LogP contribution in [-0.2, 0) is 11.2 Å². The third kappa shape index (κ3) is 9.35. The lowest BCUT2D eigenvalue weighted by atomic mass is 10.1. The van der Waals surface area contributed by atoms with E-state index in [1.807, 2.05) is 12.3 Å². The van der Waals surface area contributed by atoms with Gasteiger partial charge in [-0.3, -0.25) is 0 Å². The van der Waals surface area contributed by atoms with E-state index in [4.69, 9.17) is 4.74 Å². The van der Waals surface area contributed by atoms with Gasteiger partial charge in [0.2, 0.25) is 0 Å². The number of hydrogen-bond donors (Lipinski definition) is 0. The van der Waals surface area contributed by atoms with Gasteiger partial charge in [-0.15, -0.1) is 0 Å². The van der Waals surface area contributed by atoms with E-state index in [0.717, 1.165) is 13.0 Å². The van der Waals surface area contributed by atoms with Crippen LogP contribution in [0.15, 0.2) is 42.7 Å². The maximum atomic E-state index is 5.50. The number of hydrogen-bond acceptors (Lipinski definition) is 1. The summed E-state index contributed by atoms with van der Waals surface area (Å²) in [5.74, 6) is 0. The average molecular weight is 260 g/mol. The Kier molecular flexibility index (Phi) is 9.85. The van der Waals surface area contributed by atoms with Crippen LogP contribution in [0.4, 0.5) is 0 Å². The van der Waals surface area contributed by atoms with Crippen molar-refractivity contribution in [3.8, 4) is 0 Å². The number of rotatable bonds is 11. The summed E-state index contributed by atoms with van der Waals surface area (Å²) in [6, 6.07) is 10.5. The monoisotopic (exact) mass is 260 g/mol. The molecule has 0 bridgehead atoms. The van der Waals surface area contributed by atoms with Crippen molar-refractivity contribution in [2.45, 2.75) is 58.3 Å². The van der Waals surface area contributed by atoms with Crippen LogP contribution in [0.25, 0.3) is 0 Å². The molecule has 0 radical (unpaired) electrons. The van der Waals surface area contributed by atoms with Gasteiger partial charge in [-0.25, -0.2) is 0 Å². The summed E-state index contributed by atoms with van der Waals surface area (Å²) in [6.45, 7) is 3.12. The van der Waals surface area contributed by atoms with E-state index in [1.54, 1.807) is 0 Å². The van der Waals surface area contributed by atoms with E-state index in [9.17, 15) is 0 Å². The Bertz CT molecular complexity index is 316. The molecule has 1 rings (SSSR count). The fraction of sp³-hybridized carbons (Fsp3) is 0.556. The zero-order valence-electron chi connectivity index (χ0n) is 12.3. The fourth-order valence-electron chi connectivity index (χ4n) is 2.08. The van der Waals surface area contributed by atoms with E-state index >= 15 is 0 Å². The van der Waals surface area contributed by atoms with Crippen molar-refractivity contribution in [3.63, 3.8) is 0 Å². The summed E-state index contributed by atoms with van der Waals surface area (Å²) in [7, 11) is 0. The normalized spacial score (nSPS) is 11.0. The van der Waals surface area contributed by atoms with Crippen molar-refractivity contribution in [2.24, 2.45) is 0 Å². The SMILES string of the molecule is CCCCCCCCCOC=CCc1ccccc1. The Morgan fingerprint density at radius 2 is 1.58 bits per heavy atom. The van der Waals surface area contributed by atoms with Crippen molar-refractivity contribution in [2.75, 3.05) is 6.61 Å². The van der Waals surface area contributed by atoms with Gasteiger partial charge in [0.1, 0.15) is 0 Å². The first-order valence-electron chi connectivity index (χ1n) is 7.74. The molecule has 0 spiro atoms. The fourth-order valence-corrected chi connectivity index (χ4v) is 2.08. The second-order valence-corrected chi connectivity index (χ2v) is 5.05. The molecule has 0 fully saturated rings. The quantitative estimate of drug-likeness (QED) is 0.376. The molecule has 0 N–H and O–H groups in total. The topological polar surface area (TPSA) is 9.23 Å². The van der Waals surface area contributed by atoms with Crippen molar-refractivity contribution < 1.29 is 4.74 Å². The van der Waals surface area contributed by atoms with Crippen LogP contribution in [0, 0.1) is 0 Å². The Hall–Kier alpha value is -1.24. The molecular formula is C18H28O. The summed E-state index contributed by atoms with van der Waals surface area (Å²) >= 11 is 0. The summed E-state index contributed by atoms with van der Waals surface area (Å²) in [4.78, 5) is 0. The van der Waals surface area contributed by atoms with E-state index in [2.05, 4.69) is 37.3 Å². The lowest BCUT2D eigenvalue weighted by Crippen LogP contribution is -1.88. The molecule has 0 unspecified atom stereocenters. The maximum absolute atomic E-state index is 5.50. The second-order valence-electron chi connectivity index (χ2n) is 5.05. The van der Waals surface area contributed by atoms with Gasteiger partial charge in [0, 0.05) is 0 Å². The number of ether oxygens (including phenoxy) is 1. The van der Waals surface area contributed by atoms with E-state index < -0.39 is 0 Å². The highest BCUT2D eigenvalue weighted by Crippen LogP contribution is 2.07. The Labute approximate surface area is 118 Å². The van der Waals surface area contributed by atoms with Crippen LogP contribution >= 0.6 is 0 Å². The highest BCUT2D eigenvalue weighted by atomic mass is 16.5.